The topological polar surface area (TPSA) is 41.1 Å². The molecule has 0 saturated heterocycles. The second kappa shape index (κ2) is 11.3. The van der Waals surface area contributed by atoms with Gasteiger partial charge in [-0.2, -0.15) is 0 Å². The third kappa shape index (κ3) is 7.61. The lowest BCUT2D eigenvalue weighted by Crippen LogP contribution is -2.01. The van der Waals surface area contributed by atoms with Crippen molar-refractivity contribution in [1.82, 2.24) is 0 Å². The van der Waals surface area contributed by atoms with Gasteiger partial charge in [0, 0.05) is 37.0 Å². The Labute approximate surface area is 161 Å². The van der Waals surface area contributed by atoms with E-state index >= 15 is 0 Å². The monoisotopic (exact) mass is 358 g/mol. The van der Waals surface area contributed by atoms with Gasteiger partial charge in [-0.3, -0.25) is 0 Å². The Bertz CT molecular complexity index is 812. The van der Waals surface area contributed by atoms with E-state index in [2.05, 4.69) is 17.2 Å². The number of benzene rings is 3. The summed E-state index contributed by atoms with van der Waals surface area (Å²) in [5, 5.41) is 6.31. The lowest BCUT2D eigenvalue weighted by atomic mass is 10.1. The van der Waals surface area contributed by atoms with E-state index in [0.29, 0.717) is 6.42 Å². The van der Waals surface area contributed by atoms with Gasteiger partial charge in [0.25, 0.3) is 0 Å². The summed E-state index contributed by atoms with van der Waals surface area (Å²) < 4.78 is 0. The van der Waals surface area contributed by atoms with Crippen LogP contribution in [0, 0.1) is 0 Å². The SMILES string of the molecule is C=C(Cc1ccc(CC=O)cc1)Nc1ccccc1.CNc1ccccc1. The van der Waals surface area contributed by atoms with Crippen LogP contribution in [-0.2, 0) is 17.6 Å². The predicted molar refractivity (Wildman–Crippen MR) is 115 cm³/mol. The molecular weight excluding hydrogens is 332 g/mol. The van der Waals surface area contributed by atoms with E-state index in [4.69, 9.17) is 0 Å². The molecule has 3 rings (SSSR count). The van der Waals surface area contributed by atoms with Crippen molar-refractivity contribution in [2.45, 2.75) is 12.8 Å². The van der Waals surface area contributed by atoms with Crippen molar-refractivity contribution >= 4 is 17.7 Å². The number of carbonyl (C=O) groups excluding carboxylic acids is 1. The van der Waals surface area contributed by atoms with Crippen LogP contribution in [0.4, 0.5) is 11.4 Å². The summed E-state index contributed by atoms with van der Waals surface area (Å²) in [6.45, 7) is 4.04. The second-order valence-corrected chi connectivity index (χ2v) is 6.07. The van der Waals surface area contributed by atoms with Crippen LogP contribution in [0.5, 0.6) is 0 Å². The molecule has 0 aliphatic rings. The number of allylic oxidation sites excluding steroid dienone is 1. The number of para-hydroxylation sites is 2. The lowest BCUT2D eigenvalue weighted by Gasteiger charge is -2.10. The van der Waals surface area contributed by atoms with Crippen LogP contribution in [0.1, 0.15) is 11.1 Å². The average molecular weight is 358 g/mol. The third-order valence-corrected chi connectivity index (χ3v) is 3.92. The van der Waals surface area contributed by atoms with Gasteiger partial charge in [0.2, 0.25) is 0 Å². The molecule has 0 saturated carbocycles. The molecule has 27 heavy (non-hydrogen) atoms. The molecule has 138 valence electrons. The molecule has 0 aliphatic carbocycles. The van der Waals surface area contributed by atoms with E-state index in [1.54, 1.807) is 0 Å². The molecule has 0 amide bonds. The summed E-state index contributed by atoms with van der Waals surface area (Å²) in [4.78, 5) is 10.4. The number of rotatable bonds is 7. The van der Waals surface area contributed by atoms with Crippen molar-refractivity contribution in [3.05, 3.63) is 108 Å². The van der Waals surface area contributed by atoms with E-state index in [0.717, 1.165) is 35.3 Å². The largest absolute Gasteiger partial charge is 0.388 e. The first kappa shape index (κ1) is 20.0. The van der Waals surface area contributed by atoms with Gasteiger partial charge in [0.1, 0.15) is 6.29 Å². The van der Waals surface area contributed by atoms with Crippen molar-refractivity contribution in [2.24, 2.45) is 0 Å². The smallest absolute Gasteiger partial charge is 0.124 e. The molecule has 2 N–H and O–H groups in total. The summed E-state index contributed by atoms with van der Waals surface area (Å²) in [6.07, 6.45) is 2.17. The minimum atomic E-state index is 0.476. The number of aldehydes is 1. The molecule has 0 radical (unpaired) electrons. The molecule has 3 aromatic carbocycles. The molecular formula is C24H26N2O. The fraction of sp³-hybridized carbons (Fsp3) is 0.125. The normalized spacial score (nSPS) is 9.52. The summed E-state index contributed by atoms with van der Waals surface area (Å²) >= 11 is 0. The number of hydrogen-bond acceptors (Lipinski definition) is 3. The van der Waals surface area contributed by atoms with E-state index in [1.807, 2.05) is 92.0 Å². The van der Waals surface area contributed by atoms with Gasteiger partial charge < -0.3 is 15.4 Å². The quantitative estimate of drug-likeness (QED) is 0.561. The van der Waals surface area contributed by atoms with E-state index in [9.17, 15) is 4.79 Å². The van der Waals surface area contributed by atoms with Crippen molar-refractivity contribution in [3.8, 4) is 0 Å². The molecule has 0 heterocycles. The molecule has 0 bridgehead atoms. The molecule has 3 heteroatoms. The van der Waals surface area contributed by atoms with E-state index in [-0.39, 0.29) is 0 Å². The first-order valence-corrected chi connectivity index (χ1v) is 8.95. The Morgan fingerprint density at radius 1 is 0.815 bits per heavy atom. The molecule has 0 spiro atoms. The fourth-order valence-electron chi connectivity index (χ4n) is 2.51. The molecule has 0 fully saturated rings. The minimum Gasteiger partial charge on any atom is -0.388 e. The van der Waals surface area contributed by atoms with E-state index in [1.165, 1.54) is 5.56 Å². The molecule has 0 atom stereocenters. The summed E-state index contributed by atoms with van der Waals surface area (Å²) in [5.41, 5.74) is 5.38. The van der Waals surface area contributed by atoms with Crippen LogP contribution in [0.2, 0.25) is 0 Å². The highest BCUT2D eigenvalue weighted by Crippen LogP contribution is 2.13. The Morgan fingerprint density at radius 3 is 1.81 bits per heavy atom. The molecule has 3 nitrogen and oxygen atoms in total. The Kier molecular flexibility index (Phi) is 8.38. The van der Waals surface area contributed by atoms with Crippen LogP contribution in [0.3, 0.4) is 0 Å². The van der Waals surface area contributed by atoms with Crippen molar-refractivity contribution in [3.63, 3.8) is 0 Å². The van der Waals surface area contributed by atoms with Crippen LogP contribution >= 0.6 is 0 Å². The van der Waals surface area contributed by atoms with Gasteiger partial charge in [-0.15, -0.1) is 0 Å². The van der Waals surface area contributed by atoms with Crippen LogP contribution in [0.25, 0.3) is 0 Å². The van der Waals surface area contributed by atoms with Crippen molar-refractivity contribution < 1.29 is 4.79 Å². The number of hydrogen-bond donors (Lipinski definition) is 2. The summed E-state index contributed by atoms with van der Waals surface area (Å²) in [7, 11) is 1.91. The lowest BCUT2D eigenvalue weighted by molar-refractivity contribution is -0.107. The van der Waals surface area contributed by atoms with Crippen molar-refractivity contribution in [1.29, 1.82) is 0 Å². The van der Waals surface area contributed by atoms with Gasteiger partial charge in [0.15, 0.2) is 0 Å². The maximum absolute atomic E-state index is 10.4. The highest BCUT2D eigenvalue weighted by molar-refractivity contribution is 5.55. The standard InChI is InChI=1S/C17H17NO.C7H9N/c1-14(18-17-5-3-2-4-6-17)13-16-9-7-15(8-10-16)11-12-19;1-8-7-5-3-2-4-6-7/h2-10,12,18H,1,11,13H2;2-6,8H,1H3. The van der Waals surface area contributed by atoms with Crippen LogP contribution in [-0.4, -0.2) is 13.3 Å². The van der Waals surface area contributed by atoms with Gasteiger partial charge in [-0.05, 0) is 35.4 Å². The summed E-state index contributed by atoms with van der Waals surface area (Å²) in [5.74, 6) is 0. The molecule has 0 aliphatic heterocycles. The highest BCUT2D eigenvalue weighted by Gasteiger charge is 1.99. The van der Waals surface area contributed by atoms with Gasteiger partial charge in [-0.25, -0.2) is 0 Å². The maximum atomic E-state index is 10.4. The zero-order chi connectivity index (χ0) is 19.3. The highest BCUT2D eigenvalue weighted by atomic mass is 16.1. The fourth-order valence-corrected chi connectivity index (χ4v) is 2.51. The van der Waals surface area contributed by atoms with E-state index < -0.39 is 0 Å². The number of carbonyl (C=O) groups is 1. The summed E-state index contributed by atoms with van der Waals surface area (Å²) in [6, 6.07) is 28.1. The zero-order valence-electron chi connectivity index (χ0n) is 15.7. The zero-order valence-corrected chi connectivity index (χ0v) is 15.7. The number of anilines is 2. The third-order valence-electron chi connectivity index (χ3n) is 3.92. The van der Waals surface area contributed by atoms with Crippen molar-refractivity contribution in [2.75, 3.05) is 17.7 Å². The van der Waals surface area contributed by atoms with Gasteiger partial charge >= 0.3 is 0 Å². The first-order valence-electron chi connectivity index (χ1n) is 8.95. The Hall–Kier alpha value is -3.33. The average Bonchev–Trinajstić information content (AvgIpc) is 2.71. The first-order chi connectivity index (χ1) is 13.2. The van der Waals surface area contributed by atoms with Crippen LogP contribution in [0.15, 0.2) is 97.2 Å². The predicted octanol–water partition coefficient (Wildman–Crippen LogP) is 5.32. The van der Waals surface area contributed by atoms with Gasteiger partial charge in [0.05, 0.1) is 0 Å². The van der Waals surface area contributed by atoms with Crippen LogP contribution < -0.4 is 10.6 Å². The number of nitrogens with one attached hydrogen (secondary N) is 2. The molecule has 0 aromatic heterocycles. The molecule has 3 aromatic rings. The minimum absolute atomic E-state index is 0.476. The Balaban J connectivity index is 0.000000273. The maximum Gasteiger partial charge on any atom is 0.124 e. The Morgan fingerprint density at radius 2 is 1.33 bits per heavy atom. The van der Waals surface area contributed by atoms with Gasteiger partial charge in [-0.1, -0.05) is 67.2 Å². The second-order valence-electron chi connectivity index (χ2n) is 6.07. The molecule has 0 unspecified atom stereocenters.